The maximum absolute atomic E-state index is 13.2. The molecule has 0 unspecified atom stereocenters. The summed E-state index contributed by atoms with van der Waals surface area (Å²) in [6.07, 6.45) is 1.70. The minimum atomic E-state index is -0.789. The third-order valence-electron chi connectivity index (χ3n) is 2.02. The molecule has 3 nitrogen and oxygen atoms in total. The van der Waals surface area contributed by atoms with Crippen molar-refractivity contribution in [3.63, 3.8) is 0 Å². The van der Waals surface area contributed by atoms with E-state index in [-0.39, 0.29) is 18.0 Å². The molecule has 0 saturated heterocycles. The first-order valence-electron chi connectivity index (χ1n) is 4.77. The molecule has 88 valence electrons. The topological polar surface area (TPSA) is 42.0 Å². The molecule has 0 aliphatic heterocycles. The molecule has 0 aliphatic rings. The van der Waals surface area contributed by atoms with Crippen LogP contribution in [0, 0.1) is 11.6 Å². The van der Waals surface area contributed by atoms with E-state index in [1.807, 2.05) is 0 Å². The Morgan fingerprint density at radius 2 is 2.24 bits per heavy atom. The SMILES string of the molecule is O=C(Cc1cncs1)Nc1ccc(F)cc1F. The van der Waals surface area contributed by atoms with Crippen molar-refractivity contribution in [3.8, 4) is 0 Å². The number of benzene rings is 1. The van der Waals surface area contributed by atoms with Gasteiger partial charge in [-0.2, -0.15) is 0 Å². The van der Waals surface area contributed by atoms with Gasteiger partial charge in [-0.1, -0.05) is 0 Å². The highest BCUT2D eigenvalue weighted by atomic mass is 32.1. The molecule has 2 aromatic rings. The van der Waals surface area contributed by atoms with Crippen LogP contribution in [0.15, 0.2) is 29.9 Å². The number of hydrogen-bond donors (Lipinski definition) is 1. The molecule has 0 atom stereocenters. The summed E-state index contributed by atoms with van der Waals surface area (Å²) in [7, 11) is 0. The Kier molecular flexibility index (Phi) is 3.43. The summed E-state index contributed by atoms with van der Waals surface area (Å²) in [5.41, 5.74) is 1.59. The number of rotatable bonds is 3. The highest BCUT2D eigenvalue weighted by molar-refractivity contribution is 7.09. The van der Waals surface area contributed by atoms with Crippen LogP contribution in [0.2, 0.25) is 0 Å². The van der Waals surface area contributed by atoms with Crippen LogP contribution >= 0.6 is 11.3 Å². The lowest BCUT2D eigenvalue weighted by atomic mass is 10.2. The molecule has 0 fully saturated rings. The molecule has 17 heavy (non-hydrogen) atoms. The van der Waals surface area contributed by atoms with Gasteiger partial charge in [0.15, 0.2) is 0 Å². The van der Waals surface area contributed by atoms with Gasteiger partial charge in [-0.15, -0.1) is 11.3 Å². The highest BCUT2D eigenvalue weighted by Gasteiger charge is 2.09. The Balaban J connectivity index is 2.03. The summed E-state index contributed by atoms with van der Waals surface area (Å²) in [5.74, 6) is -1.83. The van der Waals surface area contributed by atoms with Crippen LogP contribution in [-0.2, 0) is 11.2 Å². The monoisotopic (exact) mass is 254 g/mol. The zero-order valence-corrected chi connectivity index (χ0v) is 9.43. The first-order chi connectivity index (χ1) is 8.15. The van der Waals surface area contributed by atoms with E-state index in [4.69, 9.17) is 0 Å². The quantitative estimate of drug-likeness (QED) is 0.914. The van der Waals surface area contributed by atoms with Gasteiger partial charge in [-0.25, -0.2) is 8.78 Å². The fourth-order valence-electron chi connectivity index (χ4n) is 1.27. The molecule has 1 aromatic heterocycles. The number of thiazole rings is 1. The average Bonchev–Trinajstić information content (AvgIpc) is 2.75. The van der Waals surface area contributed by atoms with Crippen molar-refractivity contribution < 1.29 is 13.6 Å². The Morgan fingerprint density at radius 1 is 1.41 bits per heavy atom. The number of aromatic nitrogens is 1. The first kappa shape index (κ1) is 11.7. The van der Waals surface area contributed by atoms with Crippen molar-refractivity contribution in [2.45, 2.75) is 6.42 Å². The normalized spacial score (nSPS) is 10.2. The second-order valence-corrected chi connectivity index (χ2v) is 4.29. The summed E-state index contributed by atoms with van der Waals surface area (Å²) in [6, 6.07) is 3.00. The number of amides is 1. The molecule has 1 N–H and O–H groups in total. The number of nitrogens with one attached hydrogen (secondary N) is 1. The minimum absolute atomic E-state index is 0.0269. The summed E-state index contributed by atoms with van der Waals surface area (Å²) >= 11 is 1.34. The summed E-state index contributed by atoms with van der Waals surface area (Å²) < 4.78 is 25.9. The van der Waals surface area contributed by atoms with E-state index in [1.165, 1.54) is 17.4 Å². The molecule has 1 heterocycles. The standard InChI is InChI=1S/C11H8F2N2OS/c12-7-1-2-10(9(13)3-7)15-11(16)4-8-5-14-6-17-8/h1-3,5-6H,4H2,(H,15,16). The average molecular weight is 254 g/mol. The molecule has 1 amide bonds. The Labute approximate surface area is 100 Å². The van der Waals surface area contributed by atoms with Crippen LogP contribution in [-0.4, -0.2) is 10.9 Å². The lowest BCUT2D eigenvalue weighted by Gasteiger charge is -2.05. The largest absolute Gasteiger partial charge is 0.323 e. The van der Waals surface area contributed by atoms with Crippen molar-refractivity contribution >= 4 is 22.9 Å². The van der Waals surface area contributed by atoms with Crippen LogP contribution in [0.25, 0.3) is 0 Å². The molecule has 0 radical (unpaired) electrons. The van der Waals surface area contributed by atoms with Crippen molar-refractivity contribution in [2.24, 2.45) is 0 Å². The van der Waals surface area contributed by atoms with Crippen LogP contribution in [0.3, 0.4) is 0 Å². The Bertz CT molecular complexity index is 528. The van der Waals surface area contributed by atoms with E-state index in [9.17, 15) is 13.6 Å². The van der Waals surface area contributed by atoms with Gasteiger partial charge in [0.1, 0.15) is 11.6 Å². The van der Waals surface area contributed by atoms with Gasteiger partial charge in [0, 0.05) is 17.1 Å². The summed E-state index contributed by atoms with van der Waals surface area (Å²) in [5, 5.41) is 2.37. The van der Waals surface area contributed by atoms with E-state index in [0.29, 0.717) is 0 Å². The fourth-order valence-corrected chi connectivity index (χ4v) is 1.87. The number of anilines is 1. The Hall–Kier alpha value is -1.82. The smallest absolute Gasteiger partial charge is 0.229 e. The molecule has 6 heteroatoms. The van der Waals surface area contributed by atoms with Crippen molar-refractivity contribution in [3.05, 3.63) is 46.4 Å². The molecular formula is C11H8F2N2OS. The van der Waals surface area contributed by atoms with Gasteiger partial charge in [0.2, 0.25) is 5.91 Å². The molecule has 0 spiro atoms. The van der Waals surface area contributed by atoms with Gasteiger partial charge in [0.05, 0.1) is 17.6 Å². The second-order valence-electron chi connectivity index (χ2n) is 3.32. The zero-order chi connectivity index (χ0) is 12.3. The van der Waals surface area contributed by atoms with Crippen LogP contribution in [0.5, 0.6) is 0 Å². The van der Waals surface area contributed by atoms with E-state index in [2.05, 4.69) is 10.3 Å². The predicted molar refractivity (Wildman–Crippen MR) is 60.8 cm³/mol. The lowest BCUT2D eigenvalue weighted by Crippen LogP contribution is -2.14. The number of hydrogen-bond acceptors (Lipinski definition) is 3. The number of carbonyl (C=O) groups is 1. The molecule has 2 rings (SSSR count). The third-order valence-corrected chi connectivity index (χ3v) is 2.80. The Morgan fingerprint density at radius 3 is 2.88 bits per heavy atom. The third kappa shape index (κ3) is 3.07. The van der Waals surface area contributed by atoms with E-state index < -0.39 is 11.6 Å². The van der Waals surface area contributed by atoms with Crippen molar-refractivity contribution in [2.75, 3.05) is 5.32 Å². The van der Waals surface area contributed by atoms with Crippen LogP contribution in [0.4, 0.5) is 14.5 Å². The first-order valence-corrected chi connectivity index (χ1v) is 5.65. The molecule has 0 aliphatic carbocycles. The molecule has 1 aromatic carbocycles. The number of nitrogens with zero attached hydrogens (tertiary/aromatic N) is 1. The lowest BCUT2D eigenvalue weighted by molar-refractivity contribution is -0.115. The molecule has 0 bridgehead atoms. The van der Waals surface area contributed by atoms with E-state index in [1.54, 1.807) is 11.7 Å². The van der Waals surface area contributed by atoms with Crippen molar-refractivity contribution in [1.82, 2.24) is 4.98 Å². The summed E-state index contributed by atoms with van der Waals surface area (Å²) in [6.45, 7) is 0. The minimum Gasteiger partial charge on any atom is -0.323 e. The van der Waals surface area contributed by atoms with E-state index >= 15 is 0 Å². The fraction of sp³-hybridized carbons (Fsp3) is 0.0909. The van der Waals surface area contributed by atoms with Crippen molar-refractivity contribution in [1.29, 1.82) is 0 Å². The van der Waals surface area contributed by atoms with Gasteiger partial charge >= 0.3 is 0 Å². The summed E-state index contributed by atoms with van der Waals surface area (Å²) in [4.78, 5) is 16.1. The maximum Gasteiger partial charge on any atom is 0.229 e. The predicted octanol–water partition coefficient (Wildman–Crippen LogP) is 2.60. The maximum atomic E-state index is 13.2. The van der Waals surface area contributed by atoms with Crippen LogP contribution < -0.4 is 5.32 Å². The van der Waals surface area contributed by atoms with Gasteiger partial charge in [-0.3, -0.25) is 9.78 Å². The van der Waals surface area contributed by atoms with Crippen LogP contribution in [0.1, 0.15) is 4.88 Å². The zero-order valence-electron chi connectivity index (χ0n) is 8.61. The van der Waals surface area contributed by atoms with Gasteiger partial charge < -0.3 is 5.32 Å². The number of carbonyl (C=O) groups excluding carboxylic acids is 1. The molecule has 0 saturated carbocycles. The van der Waals surface area contributed by atoms with Gasteiger partial charge in [-0.05, 0) is 12.1 Å². The van der Waals surface area contributed by atoms with E-state index in [0.717, 1.165) is 17.0 Å². The second kappa shape index (κ2) is 5.01. The van der Waals surface area contributed by atoms with Gasteiger partial charge in [0.25, 0.3) is 0 Å². The number of halogens is 2. The highest BCUT2D eigenvalue weighted by Crippen LogP contribution is 2.15. The molecular weight excluding hydrogens is 246 g/mol.